The molecule has 0 spiro atoms. The van der Waals surface area contributed by atoms with Gasteiger partial charge in [0.2, 0.25) is 0 Å². The maximum Gasteiger partial charge on any atom is 0.333 e. The number of carboxylic acid groups (broad SMARTS) is 1. The lowest BCUT2D eigenvalue weighted by atomic mass is 10.1. The molecule has 3 aromatic rings. The van der Waals surface area contributed by atoms with Crippen LogP contribution in [0.25, 0.3) is 0 Å². The van der Waals surface area contributed by atoms with Crippen molar-refractivity contribution in [3.63, 3.8) is 0 Å². The minimum atomic E-state index is -1.00. The van der Waals surface area contributed by atoms with E-state index in [-0.39, 0.29) is 18.1 Å². The molecule has 0 saturated carbocycles. The summed E-state index contributed by atoms with van der Waals surface area (Å²) in [5, 5.41) is 18.9. The van der Waals surface area contributed by atoms with Gasteiger partial charge in [-0.2, -0.15) is 0 Å². The van der Waals surface area contributed by atoms with Crippen LogP contribution in [0.15, 0.2) is 78.9 Å². The number of aliphatic carboxylic acids is 1. The Kier molecular flexibility index (Phi) is 9.26. The van der Waals surface area contributed by atoms with Gasteiger partial charge in [0, 0.05) is 25.3 Å². The summed E-state index contributed by atoms with van der Waals surface area (Å²) in [7, 11) is 0. The number of hydrogen-bond donors (Lipinski definition) is 2. The number of phenols is 1. The van der Waals surface area contributed by atoms with E-state index in [9.17, 15) is 19.8 Å². The van der Waals surface area contributed by atoms with Gasteiger partial charge >= 0.3 is 5.97 Å². The summed E-state index contributed by atoms with van der Waals surface area (Å²) in [6.45, 7) is 4.22. The van der Waals surface area contributed by atoms with Crippen LogP contribution >= 0.6 is 0 Å². The number of benzene rings is 3. The zero-order valence-electron chi connectivity index (χ0n) is 20.0. The van der Waals surface area contributed by atoms with E-state index in [1.807, 2.05) is 30.3 Å². The number of ether oxygens (including phenoxy) is 2. The molecule has 184 valence electrons. The fourth-order valence-corrected chi connectivity index (χ4v) is 3.70. The molecular weight excluding hydrogens is 446 g/mol. The molecule has 7 heteroatoms. The van der Waals surface area contributed by atoms with Gasteiger partial charge in [0.25, 0.3) is 5.91 Å². The summed E-state index contributed by atoms with van der Waals surface area (Å²) in [4.78, 5) is 26.3. The number of carboxylic acids is 1. The molecule has 0 aromatic heterocycles. The van der Waals surface area contributed by atoms with E-state index in [2.05, 4.69) is 0 Å². The first-order valence-electron chi connectivity index (χ1n) is 11.6. The van der Waals surface area contributed by atoms with Crippen molar-refractivity contribution in [3.8, 4) is 11.5 Å². The minimum Gasteiger partial charge on any atom is -0.508 e. The van der Waals surface area contributed by atoms with Gasteiger partial charge in [0.05, 0.1) is 0 Å². The second-order valence-corrected chi connectivity index (χ2v) is 8.13. The Morgan fingerprint density at radius 1 is 0.914 bits per heavy atom. The first kappa shape index (κ1) is 25.8. The number of aromatic hydroxyl groups is 1. The van der Waals surface area contributed by atoms with E-state index >= 15 is 0 Å². The predicted octanol–water partition coefficient (Wildman–Crippen LogP) is 4.47. The molecule has 2 N–H and O–H groups in total. The van der Waals surface area contributed by atoms with Crippen LogP contribution in [0.5, 0.6) is 11.5 Å². The van der Waals surface area contributed by atoms with E-state index in [0.29, 0.717) is 31.0 Å². The second-order valence-electron chi connectivity index (χ2n) is 8.13. The summed E-state index contributed by atoms with van der Waals surface area (Å²) in [5.41, 5.74) is 2.58. The number of nitrogens with zero attached hydrogens (tertiary/aromatic N) is 1. The third-order valence-electron chi connectivity index (χ3n) is 5.54. The number of carbonyl (C=O) groups excluding carboxylic acids is 1. The Labute approximate surface area is 205 Å². The van der Waals surface area contributed by atoms with Gasteiger partial charge in [-0.15, -0.1) is 0 Å². The Balaban J connectivity index is 1.69. The molecule has 0 fully saturated rings. The zero-order chi connectivity index (χ0) is 25.2. The third kappa shape index (κ3) is 7.58. The Morgan fingerprint density at radius 3 is 2.17 bits per heavy atom. The van der Waals surface area contributed by atoms with Crippen molar-refractivity contribution in [2.45, 2.75) is 38.9 Å². The summed E-state index contributed by atoms with van der Waals surface area (Å²) in [6.07, 6.45) is -0.762. The number of hydrogen-bond acceptors (Lipinski definition) is 5. The fraction of sp³-hybridized carbons (Fsp3) is 0.286. The zero-order valence-corrected chi connectivity index (χ0v) is 20.0. The largest absolute Gasteiger partial charge is 0.508 e. The molecule has 35 heavy (non-hydrogen) atoms. The van der Waals surface area contributed by atoms with Crippen LogP contribution in [0.3, 0.4) is 0 Å². The highest BCUT2D eigenvalue weighted by Gasteiger charge is 2.24. The maximum absolute atomic E-state index is 13.4. The fourth-order valence-electron chi connectivity index (χ4n) is 3.70. The van der Waals surface area contributed by atoms with E-state index in [4.69, 9.17) is 9.47 Å². The van der Waals surface area contributed by atoms with Gasteiger partial charge in [0.15, 0.2) is 12.2 Å². The minimum absolute atomic E-state index is 0.128. The number of amides is 1. The van der Waals surface area contributed by atoms with Crippen molar-refractivity contribution in [2.75, 3.05) is 18.1 Å². The Bertz CT molecular complexity index is 1080. The lowest BCUT2D eigenvalue weighted by Gasteiger charge is -2.26. The first-order chi connectivity index (χ1) is 16.9. The molecule has 2 unspecified atom stereocenters. The van der Waals surface area contributed by atoms with Gasteiger partial charge in [-0.3, -0.25) is 4.79 Å². The second kappa shape index (κ2) is 12.6. The summed E-state index contributed by atoms with van der Waals surface area (Å²) in [6, 6.07) is 23.4. The highest BCUT2D eigenvalue weighted by atomic mass is 16.5. The Hall–Kier alpha value is -3.84. The van der Waals surface area contributed by atoms with Crippen LogP contribution < -0.4 is 9.64 Å². The number of anilines is 1. The van der Waals surface area contributed by atoms with Crippen LogP contribution in [-0.2, 0) is 27.2 Å². The average Bonchev–Trinajstić information content (AvgIpc) is 2.86. The third-order valence-corrected chi connectivity index (χ3v) is 5.54. The molecule has 0 radical (unpaired) electrons. The summed E-state index contributed by atoms with van der Waals surface area (Å²) >= 11 is 0. The normalized spacial score (nSPS) is 12.5. The number of phenolic OH excluding ortho intramolecular Hbond substituents is 1. The smallest absolute Gasteiger partial charge is 0.333 e. The van der Waals surface area contributed by atoms with Crippen molar-refractivity contribution in [2.24, 2.45) is 0 Å². The van der Waals surface area contributed by atoms with E-state index in [1.54, 1.807) is 67.3 Å². The van der Waals surface area contributed by atoms with Crippen LogP contribution in [0.4, 0.5) is 5.69 Å². The van der Waals surface area contributed by atoms with E-state index < -0.39 is 18.2 Å². The van der Waals surface area contributed by atoms with Crippen LogP contribution in [0, 0.1) is 0 Å². The van der Waals surface area contributed by atoms with Crippen LogP contribution in [0.1, 0.15) is 25.0 Å². The SMILES string of the molecule is CCOC(Cc1ccc(OC(C)C(=O)N(CCc2ccccc2)c2ccc(O)cc2)cc1)C(=O)O. The molecule has 3 aromatic carbocycles. The molecule has 2 atom stereocenters. The van der Waals surface area contributed by atoms with Gasteiger partial charge in [-0.25, -0.2) is 4.79 Å². The Morgan fingerprint density at radius 2 is 1.57 bits per heavy atom. The van der Waals surface area contributed by atoms with Gasteiger partial charge in [-0.05, 0) is 67.8 Å². The standard InChI is InChI=1S/C28H31NO6/c1-3-34-26(28(32)33)19-22-9-15-25(16-10-22)35-20(2)27(31)29(23-11-13-24(30)14-12-23)18-17-21-7-5-4-6-8-21/h4-16,20,26,30H,3,17-19H2,1-2H3,(H,32,33). The number of rotatable bonds is 12. The molecular formula is C28H31NO6. The van der Waals surface area contributed by atoms with Crippen molar-refractivity contribution in [1.29, 1.82) is 0 Å². The quantitative estimate of drug-likeness (QED) is 0.400. The van der Waals surface area contributed by atoms with Gasteiger partial charge in [-0.1, -0.05) is 42.5 Å². The van der Waals surface area contributed by atoms with Gasteiger partial charge < -0.3 is 24.6 Å². The van der Waals surface area contributed by atoms with Crippen molar-refractivity contribution >= 4 is 17.6 Å². The first-order valence-corrected chi connectivity index (χ1v) is 11.6. The molecule has 3 rings (SSSR count). The molecule has 0 aliphatic carbocycles. The molecule has 0 saturated heterocycles. The molecule has 0 heterocycles. The summed E-state index contributed by atoms with van der Waals surface area (Å²) in [5.74, 6) is -0.580. The van der Waals surface area contributed by atoms with Gasteiger partial charge in [0.1, 0.15) is 11.5 Å². The van der Waals surface area contributed by atoms with Crippen molar-refractivity contribution in [1.82, 2.24) is 0 Å². The molecule has 0 bridgehead atoms. The van der Waals surface area contributed by atoms with Crippen LogP contribution in [0.2, 0.25) is 0 Å². The lowest BCUT2D eigenvalue weighted by molar-refractivity contribution is -0.150. The molecule has 0 aliphatic rings. The maximum atomic E-state index is 13.4. The van der Waals surface area contributed by atoms with E-state index in [1.165, 1.54) is 0 Å². The summed E-state index contributed by atoms with van der Waals surface area (Å²) < 4.78 is 11.2. The molecule has 7 nitrogen and oxygen atoms in total. The van der Waals surface area contributed by atoms with Crippen molar-refractivity contribution in [3.05, 3.63) is 90.0 Å². The lowest BCUT2D eigenvalue weighted by Crippen LogP contribution is -2.41. The molecule has 1 amide bonds. The average molecular weight is 478 g/mol. The highest BCUT2D eigenvalue weighted by Crippen LogP contribution is 2.22. The monoisotopic (exact) mass is 477 g/mol. The van der Waals surface area contributed by atoms with E-state index in [0.717, 1.165) is 11.1 Å². The predicted molar refractivity (Wildman–Crippen MR) is 134 cm³/mol. The topological polar surface area (TPSA) is 96.3 Å². The van der Waals surface area contributed by atoms with Crippen LogP contribution in [-0.4, -0.2) is 47.4 Å². The highest BCUT2D eigenvalue weighted by molar-refractivity contribution is 5.96. The number of carbonyl (C=O) groups is 2. The molecule has 0 aliphatic heterocycles. The van der Waals surface area contributed by atoms with Crippen molar-refractivity contribution < 1.29 is 29.3 Å².